The van der Waals surface area contributed by atoms with Crippen LogP contribution in [0.2, 0.25) is 5.02 Å². The van der Waals surface area contributed by atoms with E-state index in [9.17, 15) is 9.59 Å². The summed E-state index contributed by atoms with van der Waals surface area (Å²) in [6, 6.07) is 9.75. The van der Waals surface area contributed by atoms with Crippen LogP contribution in [0.25, 0.3) is 6.08 Å². The van der Waals surface area contributed by atoms with Gasteiger partial charge in [-0.1, -0.05) is 11.6 Å². The van der Waals surface area contributed by atoms with Gasteiger partial charge in [0.2, 0.25) is 0 Å². The average molecular weight is 370 g/mol. The Bertz CT molecular complexity index is 673. The molecule has 0 fully saturated rings. The van der Waals surface area contributed by atoms with E-state index in [1.54, 1.807) is 36.4 Å². The number of carbonyl (C=O) groups is 2. The molecule has 6 heteroatoms. The summed E-state index contributed by atoms with van der Waals surface area (Å²) in [6.07, 6.45) is 2.65. The van der Waals surface area contributed by atoms with Crippen LogP contribution in [0.1, 0.15) is 16.1 Å². The van der Waals surface area contributed by atoms with E-state index >= 15 is 0 Å². The molecule has 2 rings (SSSR count). The van der Waals surface area contributed by atoms with Gasteiger partial charge in [0.1, 0.15) is 5.76 Å². The first-order valence-corrected chi connectivity index (χ1v) is 7.10. The molecular weight excluding hydrogens is 360 g/mol. The minimum atomic E-state index is -0.621. The van der Waals surface area contributed by atoms with Crippen LogP contribution >= 0.6 is 27.5 Å². The molecule has 0 saturated carbocycles. The van der Waals surface area contributed by atoms with Crippen molar-refractivity contribution in [3.8, 4) is 0 Å². The molecule has 0 saturated heterocycles. The molecule has 1 aromatic carbocycles. The first-order chi connectivity index (χ1) is 10.0. The minimum Gasteiger partial charge on any atom is -0.454 e. The van der Waals surface area contributed by atoms with E-state index < -0.39 is 5.97 Å². The Morgan fingerprint density at radius 3 is 2.52 bits per heavy atom. The Labute approximate surface area is 134 Å². The Morgan fingerprint density at radius 1 is 1.19 bits per heavy atom. The molecule has 0 aliphatic rings. The first kappa shape index (κ1) is 15.5. The van der Waals surface area contributed by atoms with Crippen LogP contribution in [-0.4, -0.2) is 18.4 Å². The third kappa shape index (κ3) is 4.88. The zero-order chi connectivity index (χ0) is 15.2. The van der Waals surface area contributed by atoms with Crippen molar-refractivity contribution in [2.45, 2.75) is 0 Å². The van der Waals surface area contributed by atoms with Gasteiger partial charge in [-0.15, -0.1) is 0 Å². The number of Topliss-reactive ketones (excluding diaryl/α,β-unsaturated/α-hetero) is 1. The molecule has 0 aliphatic carbocycles. The van der Waals surface area contributed by atoms with Crippen molar-refractivity contribution in [1.29, 1.82) is 0 Å². The van der Waals surface area contributed by atoms with Crippen LogP contribution in [0, 0.1) is 0 Å². The van der Waals surface area contributed by atoms with Crippen molar-refractivity contribution in [3.05, 3.63) is 63.5 Å². The second-order valence-corrected chi connectivity index (χ2v) is 5.23. The van der Waals surface area contributed by atoms with Gasteiger partial charge in [0.15, 0.2) is 17.1 Å². The number of ketones is 1. The number of ether oxygens (including phenoxy) is 1. The average Bonchev–Trinajstić information content (AvgIpc) is 2.89. The summed E-state index contributed by atoms with van der Waals surface area (Å²) in [5.41, 5.74) is 0.436. The number of carbonyl (C=O) groups excluding carboxylic acids is 2. The van der Waals surface area contributed by atoms with Crippen molar-refractivity contribution in [2.24, 2.45) is 0 Å². The zero-order valence-electron chi connectivity index (χ0n) is 10.7. The Morgan fingerprint density at radius 2 is 1.90 bits per heavy atom. The molecule has 0 bridgehead atoms. The summed E-state index contributed by atoms with van der Waals surface area (Å²) in [6.45, 7) is -0.327. The summed E-state index contributed by atoms with van der Waals surface area (Å²) < 4.78 is 10.6. The number of hydrogen-bond donors (Lipinski definition) is 0. The van der Waals surface area contributed by atoms with Crippen LogP contribution in [-0.2, 0) is 9.53 Å². The number of furan rings is 1. The molecule has 0 atom stereocenters. The highest BCUT2D eigenvalue weighted by atomic mass is 79.9. The summed E-state index contributed by atoms with van der Waals surface area (Å²) in [7, 11) is 0. The Hall–Kier alpha value is -1.85. The first-order valence-electron chi connectivity index (χ1n) is 5.93. The fraction of sp³-hybridized carbons (Fsp3) is 0.0667. The van der Waals surface area contributed by atoms with Gasteiger partial charge in [-0.05, 0) is 58.4 Å². The van der Waals surface area contributed by atoms with E-state index in [4.69, 9.17) is 20.8 Å². The lowest BCUT2D eigenvalue weighted by atomic mass is 10.1. The summed E-state index contributed by atoms with van der Waals surface area (Å²) >= 11 is 8.88. The molecule has 2 aromatic rings. The molecule has 0 N–H and O–H groups in total. The van der Waals surface area contributed by atoms with Gasteiger partial charge in [-0.3, -0.25) is 4.79 Å². The maximum Gasteiger partial charge on any atom is 0.331 e. The molecular formula is C15H10BrClO4. The van der Waals surface area contributed by atoms with E-state index in [0.717, 1.165) is 0 Å². The van der Waals surface area contributed by atoms with Gasteiger partial charge in [0.25, 0.3) is 0 Å². The summed E-state index contributed by atoms with van der Waals surface area (Å²) in [5.74, 6) is -0.415. The van der Waals surface area contributed by atoms with Crippen LogP contribution in [0.5, 0.6) is 0 Å². The van der Waals surface area contributed by atoms with Crippen LogP contribution in [0.4, 0.5) is 0 Å². The van der Waals surface area contributed by atoms with Gasteiger partial charge in [-0.2, -0.15) is 0 Å². The SMILES string of the molecule is O=C(/C=C/c1ccc(Br)o1)OCC(=O)c1ccc(Cl)cc1. The smallest absolute Gasteiger partial charge is 0.331 e. The molecule has 0 spiro atoms. The van der Waals surface area contributed by atoms with Crippen molar-refractivity contribution in [3.63, 3.8) is 0 Å². The number of esters is 1. The molecule has 0 amide bonds. The second kappa shape index (κ2) is 7.24. The molecule has 21 heavy (non-hydrogen) atoms. The van der Waals surface area contributed by atoms with E-state index in [-0.39, 0.29) is 12.4 Å². The van der Waals surface area contributed by atoms with Gasteiger partial charge in [0, 0.05) is 16.7 Å². The number of halogens is 2. The molecule has 108 valence electrons. The fourth-order valence-electron chi connectivity index (χ4n) is 1.47. The van der Waals surface area contributed by atoms with Crippen molar-refractivity contribution >= 4 is 45.4 Å². The van der Waals surface area contributed by atoms with Crippen LogP contribution in [0.15, 0.2) is 51.6 Å². The Kier molecular flexibility index (Phi) is 5.36. The van der Waals surface area contributed by atoms with Crippen molar-refractivity contribution < 1.29 is 18.7 Å². The quantitative estimate of drug-likeness (QED) is 0.452. The van der Waals surface area contributed by atoms with E-state index in [1.807, 2.05) is 0 Å². The van der Waals surface area contributed by atoms with E-state index in [2.05, 4.69) is 15.9 Å². The highest BCUT2D eigenvalue weighted by Crippen LogP contribution is 2.15. The molecule has 0 aliphatic heterocycles. The second-order valence-electron chi connectivity index (χ2n) is 4.01. The number of hydrogen-bond acceptors (Lipinski definition) is 4. The van der Waals surface area contributed by atoms with Crippen LogP contribution < -0.4 is 0 Å². The zero-order valence-corrected chi connectivity index (χ0v) is 13.1. The topological polar surface area (TPSA) is 56.5 Å². The lowest BCUT2D eigenvalue weighted by Gasteiger charge is -2.01. The van der Waals surface area contributed by atoms with Gasteiger partial charge < -0.3 is 9.15 Å². The van der Waals surface area contributed by atoms with Gasteiger partial charge in [0.05, 0.1) is 0 Å². The molecule has 0 radical (unpaired) electrons. The third-order valence-electron chi connectivity index (χ3n) is 2.49. The largest absolute Gasteiger partial charge is 0.454 e. The normalized spacial score (nSPS) is 10.8. The fourth-order valence-corrected chi connectivity index (χ4v) is 1.92. The number of rotatable bonds is 5. The maximum absolute atomic E-state index is 11.8. The standard InChI is InChI=1S/C15H10BrClO4/c16-14-7-5-12(21-14)6-8-15(19)20-9-13(18)10-1-3-11(17)4-2-10/h1-8H,9H2/b8-6+. The highest BCUT2D eigenvalue weighted by Gasteiger charge is 2.08. The van der Waals surface area contributed by atoms with E-state index in [0.29, 0.717) is 21.0 Å². The lowest BCUT2D eigenvalue weighted by molar-refractivity contribution is -0.136. The molecule has 1 heterocycles. The minimum absolute atomic E-state index is 0.297. The third-order valence-corrected chi connectivity index (χ3v) is 3.17. The molecule has 4 nitrogen and oxygen atoms in total. The Balaban J connectivity index is 1.85. The maximum atomic E-state index is 11.8. The van der Waals surface area contributed by atoms with E-state index in [1.165, 1.54) is 12.2 Å². The van der Waals surface area contributed by atoms with Gasteiger partial charge in [-0.25, -0.2) is 4.79 Å². The molecule has 1 aromatic heterocycles. The highest BCUT2D eigenvalue weighted by molar-refractivity contribution is 9.10. The van der Waals surface area contributed by atoms with Crippen molar-refractivity contribution in [1.82, 2.24) is 0 Å². The van der Waals surface area contributed by atoms with Gasteiger partial charge >= 0.3 is 5.97 Å². The lowest BCUT2D eigenvalue weighted by Crippen LogP contribution is -2.12. The monoisotopic (exact) mass is 368 g/mol. The molecule has 0 unspecified atom stereocenters. The summed E-state index contributed by atoms with van der Waals surface area (Å²) in [5, 5.41) is 0.538. The summed E-state index contributed by atoms with van der Waals surface area (Å²) in [4.78, 5) is 23.2. The van der Waals surface area contributed by atoms with Crippen LogP contribution in [0.3, 0.4) is 0 Å². The predicted octanol–water partition coefficient (Wildman–Crippen LogP) is 4.13. The number of benzene rings is 1. The van der Waals surface area contributed by atoms with Crippen molar-refractivity contribution in [2.75, 3.05) is 6.61 Å². The predicted molar refractivity (Wildman–Crippen MR) is 82.2 cm³/mol.